The number of amides is 4. The number of terminal acetylenes is 1. The van der Waals surface area contributed by atoms with Gasteiger partial charge in [-0.2, -0.15) is 0 Å². The van der Waals surface area contributed by atoms with Gasteiger partial charge in [-0.25, -0.2) is 19.6 Å². The standard InChI is InChI=1S/C41H48N8O6/c1-8-9-20-48(38(50)34(25(2)3)46-40(52)54-6)23-33-44-30-19-16-28(22-31(30)45-33)13-12-27-14-17-29(18-15-27)36-37(43-24-42-36)32-11-10-21-49(32)39(51)35(26(4)5)47-41(53)55-7/h1,14-19,22,24-26,32,34-35H,9-11,20-21,23H2,2-7H3,(H,42,43)(H,44,45)(H,46,52)(H,47,53). The van der Waals surface area contributed by atoms with Crippen molar-refractivity contribution in [2.24, 2.45) is 11.8 Å². The minimum Gasteiger partial charge on any atom is -0.453 e. The number of nitrogens with one attached hydrogen (secondary N) is 4. The van der Waals surface area contributed by atoms with Gasteiger partial charge < -0.3 is 39.9 Å². The molecule has 0 radical (unpaired) electrons. The number of fused-ring (bicyclic) bond motifs is 1. The number of hydrogen-bond donors (Lipinski definition) is 4. The van der Waals surface area contributed by atoms with E-state index >= 15 is 0 Å². The minimum atomic E-state index is -0.791. The lowest BCUT2D eigenvalue weighted by atomic mass is 10.00. The number of rotatable bonds is 12. The highest BCUT2D eigenvalue weighted by Crippen LogP contribution is 2.36. The van der Waals surface area contributed by atoms with Gasteiger partial charge >= 0.3 is 12.2 Å². The van der Waals surface area contributed by atoms with Crippen LogP contribution in [0.3, 0.4) is 0 Å². The summed E-state index contributed by atoms with van der Waals surface area (Å²) in [7, 11) is 2.53. The molecule has 2 aromatic heterocycles. The van der Waals surface area contributed by atoms with Gasteiger partial charge in [-0.3, -0.25) is 9.59 Å². The second kappa shape index (κ2) is 18.2. The molecule has 4 aromatic rings. The van der Waals surface area contributed by atoms with Crippen molar-refractivity contribution < 1.29 is 28.7 Å². The SMILES string of the molecule is C#CCCN(Cc1nc2ccc(C#Cc3ccc(-c4nc[nH]c4C4CCCN4C(=O)C(NC(=O)OC)C(C)C)cc3)cc2[nH]1)C(=O)C(NC(=O)OC)C(C)C. The fraction of sp³-hybridized carbons (Fsp3) is 0.415. The van der Waals surface area contributed by atoms with E-state index < -0.39 is 24.3 Å². The van der Waals surface area contributed by atoms with E-state index in [1.54, 1.807) is 11.2 Å². The summed E-state index contributed by atoms with van der Waals surface area (Å²) in [5, 5.41) is 5.33. The van der Waals surface area contributed by atoms with Crippen molar-refractivity contribution >= 4 is 35.0 Å². The maximum absolute atomic E-state index is 13.6. The largest absolute Gasteiger partial charge is 0.453 e. The fourth-order valence-electron chi connectivity index (χ4n) is 6.61. The van der Waals surface area contributed by atoms with Crippen LogP contribution in [0.2, 0.25) is 0 Å². The van der Waals surface area contributed by atoms with Crippen LogP contribution in [0.15, 0.2) is 48.8 Å². The second-order valence-corrected chi connectivity index (χ2v) is 14.0. The van der Waals surface area contributed by atoms with Crippen molar-refractivity contribution in [3.63, 3.8) is 0 Å². The number of carbonyl (C=O) groups excluding carboxylic acids is 4. The Morgan fingerprint density at radius 1 is 0.964 bits per heavy atom. The topological polar surface area (TPSA) is 175 Å². The van der Waals surface area contributed by atoms with Gasteiger partial charge in [0.1, 0.15) is 17.9 Å². The van der Waals surface area contributed by atoms with E-state index in [2.05, 4.69) is 48.3 Å². The summed E-state index contributed by atoms with van der Waals surface area (Å²) in [4.78, 5) is 70.4. The molecule has 4 N–H and O–H groups in total. The Bertz CT molecular complexity index is 2100. The first-order valence-electron chi connectivity index (χ1n) is 18.3. The molecular weight excluding hydrogens is 701 g/mol. The molecule has 14 heteroatoms. The molecule has 3 atom stereocenters. The lowest BCUT2D eigenvalue weighted by molar-refractivity contribution is -0.136. The summed E-state index contributed by atoms with van der Waals surface area (Å²) in [6, 6.07) is 11.7. The number of nitrogens with zero attached hydrogens (tertiary/aromatic N) is 4. The lowest BCUT2D eigenvalue weighted by Crippen LogP contribution is -2.51. The number of methoxy groups -OCH3 is 2. The molecule has 1 saturated heterocycles. The number of likely N-dealkylation sites (tertiary alicyclic amines) is 1. The number of alkyl carbamates (subject to hydrolysis) is 2. The molecule has 14 nitrogen and oxygen atoms in total. The zero-order valence-corrected chi connectivity index (χ0v) is 32.1. The highest BCUT2D eigenvalue weighted by Gasteiger charge is 2.38. The maximum atomic E-state index is 13.6. The molecule has 55 heavy (non-hydrogen) atoms. The zero-order valence-electron chi connectivity index (χ0n) is 32.1. The van der Waals surface area contributed by atoms with E-state index in [9.17, 15) is 19.2 Å². The van der Waals surface area contributed by atoms with Crippen LogP contribution in [-0.2, 0) is 25.6 Å². The Balaban J connectivity index is 1.29. The average molecular weight is 749 g/mol. The summed E-state index contributed by atoms with van der Waals surface area (Å²) >= 11 is 0. The van der Waals surface area contributed by atoms with E-state index in [1.165, 1.54) is 14.2 Å². The third-order valence-corrected chi connectivity index (χ3v) is 9.54. The molecule has 3 unspecified atom stereocenters. The monoisotopic (exact) mass is 748 g/mol. The molecule has 0 spiro atoms. The molecule has 1 fully saturated rings. The van der Waals surface area contributed by atoms with Crippen molar-refractivity contribution in [1.29, 1.82) is 0 Å². The van der Waals surface area contributed by atoms with Crippen LogP contribution in [0.4, 0.5) is 9.59 Å². The van der Waals surface area contributed by atoms with Gasteiger partial charge in [-0.1, -0.05) is 51.7 Å². The van der Waals surface area contributed by atoms with Gasteiger partial charge in [0.15, 0.2) is 0 Å². The summed E-state index contributed by atoms with van der Waals surface area (Å²) in [6.07, 6.45) is 7.78. The number of aromatic nitrogens is 4. The Morgan fingerprint density at radius 2 is 1.62 bits per heavy atom. The maximum Gasteiger partial charge on any atom is 0.407 e. The number of ether oxygens (including phenoxy) is 2. The Morgan fingerprint density at radius 3 is 2.27 bits per heavy atom. The van der Waals surface area contributed by atoms with Crippen LogP contribution in [0.25, 0.3) is 22.3 Å². The quantitative estimate of drug-likeness (QED) is 0.144. The Kier molecular flexibility index (Phi) is 13.2. The van der Waals surface area contributed by atoms with Crippen LogP contribution in [-0.4, -0.2) is 93.1 Å². The van der Waals surface area contributed by atoms with E-state index in [4.69, 9.17) is 15.9 Å². The summed E-state index contributed by atoms with van der Waals surface area (Å²) in [5.41, 5.74) is 5.55. The van der Waals surface area contributed by atoms with Gasteiger partial charge in [0.05, 0.1) is 55.6 Å². The molecule has 0 saturated carbocycles. The molecule has 2 aromatic carbocycles. The highest BCUT2D eigenvalue weighted by molar-refractivity contribution is 5.87. The molecule has 3 heterocycles. The van der Waals surface area contributed by atoms with Crippen molar-refractivity contribution in [3.8, 4) is 35.4 Å². The van der Waals surface area contributed by atoms with E-state index in [0.29, 0.717) is 25.3 Å². The van der Waals surface area contributed by atoms with Crippen LogP contribution in [0.1, 0.15) is 75.6 Å². The zero-order chi connectivity index (χ0) is 39.6. The van der Waals surface area contributed by atoms with Crippen molar-refractivity contribution in [3.05, 3.63) is 71.4 Å². The molecule has 288 valence electrons. The average Bonchev–Trinajstić information content (AvgIpc) is 3.95. The third-order valence-electron chi connectivity index (χ3n) is 9.54. The Hall–Kier alpha value is -6.28. The fourth-order valence-corrected chi connectivity index (χ4v) is 6.61. The second-order valence-electron chi connectivity index (χ2n) is 14.0. The smallest absolute Gasteiger partial charge is 0.407 e. The van der Waals surface area contributed by atoms with Gasteiger partial charge in [0.2, 0.25) is 11.8 Å². The van der Waals surface area contributed by atoms with E-state index in [0.717, 1.165) is 52.0 Å². The molecule has 1 aliphatic rings. The van der Waals surface area contributed by atoms with Crippen LogP contribution >= 0.6 is 0 Å². The normalized spacial score (nSPS) is 14.8. The van der Waals surface area contributed by atoms with Gasteiger partial charge in [-0.15, -0.1) is 12.3 Å². The highest BCUT2D eigenvalue weighted by atomic mass is 16.5. The summed E-state index contributed by atoms with van der Waals surface area (Å²) in [6.45, 7) is 8.52. The number of carbonyl (C=O) groups is 4. The number of aromatic amines is 2. The van der Waals surface area contributed by atoms with Crippen LogP contribution in [0.5, 0.6) is 0 Å². The predicted molar refractivity (Wildman–Crippen MR) is 207 cm³/mol. The van der Waals surface area contributed by atoms with Crippen molar-refractivity contribution in [2.75, 3.05) is 27.3 Å². The molecule has 4 amide bonds. The first-order valence-corrected chi connectivity index (χ1v) is 18.3. The number of H-pyrrole nitrogens is 2. The first-order chi connectivity index (χ1) is 26.4. The van der Waals surface area contributed by atoms with Gasteiger partial charge in [-0.05, 0) is 55.0 Å². The molecule has 5 rings (SSSR count). The van der Waals surface area contributed by atoms with Crippen molar-refractivity contribution in [2.45, 2.75) is 71.6 Å². The molecule has 0 bridgehead atoms. The number of benzene rings is 2. The third kappa shape index (κ3) is 9.64. The molecule has 0 aliphatic carbocycles. The number of imidazole rings is 2. The van der Waals surface area contributed by atoms with E-state index in [1.807, 2.05) is 75.1 Å². The van der Waals surface area contributed by atoms with Crippen LogP contribution < -0.4 is 10.6 Å². The molecule has 1 aliphatic heterocycles. The van der Waals surface area contributed by atoms with Gasteiger partial charge in [0.25, 0.3) is 0 Å². The first kappa shape index (κ1) is 39.9. The summed E-state index contributed by atoms with van der Waals surface area (Å²) in [5.74, 6) is 8.86. The predicted octanol–water partition coefficient (Wildman–Crippen LogP) is 5.13. The van der Waals surface area contributed by atoms with Crippen LogP contribution in [0, 0.1) is 36.0 Å². The van der Waals surface area contributed by atoms with Gasteiger partial charge in [0, 0.05) is 36.2 Å². The number of hydrogen-bond acceptors (Lipinski definition) is 8. The lowest BCUT2D eigenvalue weighted by Gasteiger charge is -2.30. The molecular formula is C41H48N8O6. The van der Waals surface area contributed by atoms with E-state index in [-0.39, 0.29) is 36.2 Å². The summed E-state index contributed by atoms with van der Waals surface area (Å²) < 4.78 is 9.49. The minimum absolute atomic E-state index is 0.124. The Labute approximate surface area is 321 Å². The van der Waals surface area contributed by atoms with Crippen molar-refractivity contribution in [1.82, 2.24) is 40.4 Å².